The van der Waals surface area contributed by atoms with Gasteiger partial charge >= 0.3 is 5.97 Å². The van der Waals surface area contributed by atoms with Gasteiger partial charge in [-0.15, -0.1) is 0 Å². The van der Waals surface area contributed by atoms with E-state index in [1.807, 2.05) is 11.0 Å². The number of pyridine rings is 1. The predicted octanol–water partition coefficient (Wildman–Crippen LogP) is 2.51. The van der Waals surface area contributed by atoms with Crippen molar-refractivity contribution in [1.29, 1.82) is 5.26 Å². The van der Waals surface area contributed by atoms with Crippen molar-refractivity contribution in [3.05, 3.63) is 87.9 Å². The van der Waals surface area contributed by atoms with Crippen molar-refractivity contribution in [2.45, 2.75) is 18.1 Å². The monoisotopic (exact) mass is 598 g/mol. The molecule has 0 radical (unpaired) electrons. The first-order chi connectivity index (χ1) is 21.4. The molecule has 2 atom stereocenters. The van der Waals surface area contributed by atoms with E-state index in [9.17, 15) is 25.3 Å². The SMILES string of the molecule is N#Cc1ccc(-c2nc(NCCC3(c4ccc([N+](=O)[O-])cn4)C=CC=N3)ncc2C(=O)OCC(O)CN2CCOCC2)cc1. The summed E-state index contributed by atoms with van der Waals surface area (Å²) < 4.78 is 10.8. The van der Waals surface area contributed by atoms with Crippen LogP contribution in [0.1, 0.15) is 28.0 Å². The second kappa shape index (κ2) is 13.9. The first kappa shape index (κ1) is 30.4. The highest BCUT2D eigenvalue weighted by Gasteiger charge is 2.32. The number of aliphatic hydroxyl groups excluding tert-OH is 1. The fraction of sp³-hybridized carbons (Fsp3) is 0.333. The Labute approximate surface area is 252 Å². The van der Waals surface area contributed by atoms with Crippen molar-refractivity contribution in [3.63, 3.8) is 0 Å². The molecule has 1 saturated heterocycles. The largest absolute Gasteiger partial charge is 0.459 e. The number of aliphatic imine (C=N–C) groups is 1. The number of aliphatic hydroxyl groups is 1. The molecule has 2 aliphatic heterocycles. The van der Waals surface area contributed by atoms with Crippen molar-refractivity contribution in [1.82, 2.24) is 19.9 Å². The van der Waals surface area contributed by atoms with Gasteiger partial charge in [-0.1, -0.05) is 12.1 Å². The number of rotatable bonds is 12. The minimum absolute atomic E-state index is 0.105. The van der Waals surface area contributed by atoms with Gasteiger partial charge in [0.25, 0.3) is 5.69 Å². The number of carbonyl (C=O) groups is 1. The van der Waals surface area contributed by atoms with Crippen LogP contribution in [-0.2, 0) is 15.0 Å². The Morgan fingerprint density at radius 2 is 2.00 bits per heavy atom. The van der Waals surface area contributed by atoms with E-state index in [0.29, 0.717) is 68.3 Å². The van der Waals surface area contributed by atoms with Gasteiger partial charge in [-0.25, -0.2) is 14.8 Å². The Morgan fingerprint density at radius 1 is 1.20 bits per heavy atom. The lowest BCUT2D eigenvalue weighted by atomic mass is 9.92. The lowest BCUT2D eigenvalue weighted by molar-refractivity contribution is -0.385. The van der Waals surface area contributed by atoms with Crippen molar-refractivity contribution in [2.24, 2.45) is 4.99 Å². The number of hydrogen-bond acceptors (Lipinski definition) is 13. The molecule has 2 aliphatic rings. The van der Waals surface area contributed by atoms with Crippen molar-refractivity contribution >= 4 is 23.8 Å². The standard InChI is InChI=1S/C30H30N8O6/c31-16-21-2-4-22(5-3-21)27-25(28(40)44-20-24(39)19-37-12-14-43-15-13-37)18-34-29(36-27)32-11-9-30(8-1-10-35-30)26-7-6-23(17-33-26)38(41)42/h1-8,10,17-18,24,39H,9,11-15,19-20H2,(H,32,34,36). The van der Waals surface area contributed by atoms with E-state index >= 15 is 0 Å². The zero-order valence-electron chi connectivity index (χ0n) is 23.7. The lowest BCUT2D eigenvalue weighted by Crippen LogP contribution is -2.42. The van der Waals surface area contributed by atoms with Crippen LogP contribution in [-0.4, -0.2) is 94.2 Å². The van der Waals surface area contributed by atoms with Gasteiger partial charge in [0, 0.05) is 50.2 Å². The van der Waals surface area contributed by atoms with Crippen LogP contribution in [0, 0.1) is 21.4 Å². The summed E-state index contributed by atoms with van der Waals surface area (Å²) in [7, 11) is 0. The number of carbonyl (C=O) groups excluding carboxylic acids is 1. The zero-order valence-corrected chi connectivity index (χ0v) is 23.7. The Bertz CT molecular complexity index is 1570. The zero-order chi connectivity index (χ0) is 30.9. The van der Waals surface area contributed by atoms with Gasteiger partial charge in [0.2, 0.25) is 5.95 Å². The minimum atomic E-state index is -0.873. The third kappa shape index (κ3) is 7.27. The van der Waals surface area contributed by atoms with Crippen LogP contribution in [0.3, 0.4) is 0 Å². The molecule has 2 aromatic heterocycles. The molecule has 0 saturated carbocycles. The first-order valence-electron chi connectivity index (χ1n) is 14.0. The van der Waals surface area contributed by atoms with Crippen LogP contribution in [0.5, 0.6) is 0 Å². The number of nitriles is 1. The molecule has 14 nitrogen and oxygen atoms in total. The highest BCUT2D eigenvalue weighted by Crippen LogP contribution is 2.33. The van der Waals surface area contributed by atoms with Gasteiger partial charge in [0.05, 0.1) is 41.2 Å². The molecule has 0 bridgehead atoms. The van der Waals surface area contributed by atoms with Gasteiger partial charge in [0.15, 0.2) is 0 Å². The summed E-state index contributed by atoms with van der Waals surface area (Å²) in [4.78, 5) is 43.5. The molecule has 14 heteroatoms. The van der Waals surface area contributed by atoms with Gasteiger partial charge < -0.3 is 19.9 Å². The predicted molar refractivity (Wildman–Crippen MR) is 159 cm³/mol. The van der Waals surface area contributed by atoms with Crippen LogP contribution < -0.4 is 5.32 Å². The van der Waals surface area contributed by atoms with E-state index in [-0.39, 0.29) is 23.8 Å². The fourth-order valence-corrected chi connectivity index (χ4v) is 4.89. The number of esters is 1. The summed E-state index contributed by atoms with van der Waals surface area (Å²) in [5.74, 6) is -0.448. The Hall–Kier alpha value is -5.10. The van der Waals surface area contributed by atoms with Crippen molar-refractivity contribution < 1.29 is 24.3 Å². The molecule has 5 rings (SSSR count). The molecule has 2 N–H and O–H groups in total. The molecule has 1 aromatic carbocycles. The Kier molecular flexibility index (Phi) is 9.60. The number of nitrogens with one attached hydrogen (secondary N) is 1. The first-order valence-corrected chi connectivity index (χ1v) is 14.0. The average Bonchev–Trinajstić information content (AvgIpc) is 3.54. The normalized spacial score (nSPS) is 18.5. The Morgan fingerprint density at radius 3 is 2.66 bits per heavy atom. The quantitative estimate of drug-likeness (QED) is 0.176. The molecular formula is C30H30N8O6. The van der Waals surface area contributed by atoms with Crippen molar-refractivity contribution in [3.8, 4) is 17.3 Å². The maximum Gasteiger partial charge on any atom is 0.342 e. The third-order valence-electron chi connectivity index (χ3n) is 7.23. The van der Waals surface area contributed by atoms with Gasteiger partial charge in [0.1, 0.15) is 30.0 Å². The number of ether oxygens (including phenoxy) is 2. The second-order valence-electron chi connectivity index (χ2n) is 10.2. The minimum Gasteiger partial charge on any atom is -0.459 e. The maximum atomic E-state index is 13.1. The Balaban J connectivity index is 1.30. The van der Waals surface area contributed by atoms with E-state index in [2.05, 4.69) is 31.3 Å². The second-order valence-corrected chi connectivity index (χ2v) is 10.2. The molecule has 1 fully saturated rings. The van der Waals surface area contributed by atoms with Crippen LogP contribution in [0.15, 0.2) is 65.9 Å². The molecule has 0 aliphatic carbocycles. The molecule has 226 valence electrons. The summed E-state index contributed by atoms with van der Waals surface area (Å²) in [5, 5.41) is 33.9. The van der Waals surface area contributed by atoms with Crippen molar-refractivity contribution in [2.75, 3.05) is 51.3 Å². The number of β-amino-alcohol motifs (C(OH)–C–C–N with tert-alkyl or cyclic N) is 1. The number of hydrogen-bond donors (Lipinski definition) is 2. The number of morpholine rings is 1. The molecular weight excluding hydrogens is 568 g/mol. The van der Waals surface area contributed by atoms with Crippen LogP contribution in [0.2, 0.25) is 0 Å². The van der Waals surface area contributed by atoms with E-state index in [1.54, 1.807) is 42.6 Å². The molecule has 44 heavy (non-hydrogen) atoms. The van der Waals surface area contributed by atoms with Crippen LogP contribution in [0.25, 0.3) is 11.3 Å². The van der Waals surface area contributed by atoms with E-state index in [1.165, 1.54) is 18.5 Å². The molecule has 0 spiro atoms. The van der Waals surface area contributed by atoms with Gasteiger partial charge in [-0.2, -0.15) is 5.26 Å². The number of benzene rings is 1. The number of aromatic nitrogens is 3. The smallest absolute Gasteiger partial charge is 0.342 e. The highest BCUT2D eigenvalue weighted by molar-refractivity contribution is 5.96. The third-order valence-corrected chi connectivity index (χ3v) is 7.23. The topological polar surface area (TPSA) is 189 Å². The van der Waals surface area contributed by atoms with E-state index in [4.69, 9.17) is 9.47 Å². The number of nitrogens with zero attached hydrogens (tertiary/aromatic N) is 7. The lowest BCUT2D eigenvalue weighted by Gasteiger charge is -2.28. The number of anilines is 1. The van der Waals surface area contributed by atoms with Gasteiger partial charge in [-0.05, 0) is 36.8 Å². The number of allylic oxidation sites excluding steroid dienone is 1. The van der Waals surface area contributed by atoms with E-state index < -0.39 is 22.5 Å². The molecule has 4 heterocycles. The molecule has 2 unspecified atom stereocenters. The molecule has 3 aromatic rings. The molecule has 0 amide bonds. The average molecular weight is 599 g/mol. The van der Waals surface area contributed by atoms with Crippen LogP contribution >= 0.6 is 0 Å². The van der Waals surface area contributed by atoms with E-state index in [0.717, 1.165) is 0 Å². The highest BCUT2D eigenvalue weighted by atomic mass is 16.6. The summed E-state index contributed by atoms with van der Waals surface area (Å²) in [5.41, 5.74) is 1.06. The summed E-state index contributed by atoms with van der Waals surface area (Å²) in [6, 6.07) is 11.7. The summed E-state index contributed by atoms with van der Waals surface area (Å²) >= 11 is 0. The maximum absolute atomic E-state index is 13.1. The van der Waals surface area contributed by atoms with Gasteiger partial charge in [-0.3, -0.25) is 25.0 Å². The fourth-order valence-electron chi connectivity index (χ4n) is 4.89. The number of nitro groups is 1. The summed E-state index contributed by atoms with van der Waals surface area (Å²) in [6.07, 6.45) is 7.45. The van der Waals surface area contributed by atoms with Crippen LogP contribution in [0.4, 0.5) is 11.6 Å². The summed E-state index contributed by atoms with van der Waals surface area (Å²) in [6.45, 7) is 3.09.